The van der Waals surface area contributed by atoms with E-state index in [1.54, 1.807) is 12.1 Å². The molecule has 2 N–H and O–H groups in total. The zero-order valence-electron chi connectivity index (χ0n) is 12.6. The average molecular weight is 287 g/mol. The highest BCUT2D eigenvalue weighted by molar-refractivity contribution is 5.48. The number of nitrogens with one attached hydrogen (secondary N) is 1. The van der Waals surface area contributed by atoms with Gasteiger partial charge in [0, 0.05) is 5.69 Å². The zero-order valence-corrected chi connectivity index (χ0v) is 12.6. The number of aryl methyl sites for hydroxylation is 1. The summed E-state index contributed by atoms with van der Waals surface area (Å²) in [5.74, 6) is -0.265. The third kappa shape index (κ3) is 3.42. The summed E-state index contributed by atoms with van der Waals surface area (Å²) in [7, 11) is 0. The summed E-state index contributed by atoms with van der Waals surface area (Å²) in [5.41, 5.74) is 2.55. The molecule has 1 atom stereocenters. The fourth-order valence-electron chi connectivity index (χ4n) is 2.48. The van der Waals surface area contributed by atoms with Gasteiger partial charge in [0.1, 0.15) is 5.82 Å². The third-order valence-corrected chi connectivity index (χ3v) is 4.02. The normalized spacial score (nSPS) is 13.7. The van der Waals surface area contributed by atoms with Crippen LogP contribution < -0.4 is 5.32 Å². The summed E-state index contributed by atoms with van der Waals surface area (Å²) in [4.78, 5) is 0. The van der Waals surface area contributed by atoms with Crippen molar-refractivity contribution >= 4 is 5.69 Å². The number of hydrogen-bond acceptors (Lipinski definition) is 2. The molecule has 0 amide bonds. The van der Waals surface area contributed by atoms with E-state index < -0.39 is 5.54 Å². The van der Waals surface area contributed by atoms with Crippen molar-refractivity contribution in [3.8, 4) is 0 Å². The molecule has 2 rings (SSSR count). The number of aliphatic hydroxyl groups is 1. The Morgan fingerprint density at radius 3 is 2.10 bits per heavy atom. The lowest BCUT2D eigenvalue weighted by atomic mass is 9.87. The van der Waals surface area contributed by atoms with Gasteiger partial charge >= 0.3 is 0 Å². The quantitative estimate of drug-likeness (QED) is 0.838. The maximum Gasteiger partial charge on any atom is 0.123 e. The van der Waals surface area contributed by atoms with E-state index in [0.717, 1.165) is 24.1 Å². The molecule has 0 aliphatic carbocycles. The Morgan fingerprint density at radius 1 is 1.00 bits per heavy atom. The van der Waals surface area contributed by atoms with E-state index in [1.165, 1.54) is 17.7 Å². The molecule has 1 unspecified atom stereocenters. The maximum absolute atomic E-state index is 13.0. The van der Waals surface area contributed by atoms with E-state index in [2.05, 4.69) is 36.5 Å². The van der Waals surface area contributed by atoms with Gasteiger partial charge < -0.3 is 10.4 Å². The van der Waals surface area contributed by atoms with Crippen molar-refractivity contribution in [3.05, 3.63) is 65.5 Å². The Kier molecular flexibility index (Phi) is 4.97. The summed E-state index contributed by atoms with van der Waals surface area (Å²) in [6.45, 7) is 4.12. The second-order valence-corrected chi connectivity index (χ2v) is 5.28. The van der Waals surface area contributed by atoms with Crippen LogP contribution in [-0.2, 0) is 12.0 Å². The standard InChI is InChI=1S/C18H22FNO/c1-3-14-5-7-15(8-6-14)18(4-2,13-21)20-17-11-9-16(19)10-12-17/h5-12,20-21H,3-4,13H2,1-2H3. The van der Waals surface area contributed by atoms with Gasteiger partial charge in [-0.05, 0) is 48.2 Å². The number of rotatable bonds is 6. The van der Waals surface area contributed by atoms with Crippen molar-refractivity contribution in [2.24, 2.45) is 0 Å². The average Bonchev–Trinajstić information content (AvgIpc) is 2.55. The molecule has 0 saturated carbocycles. The van der Waals surface area contributed by atoms with E-state index in [1.807, 2.05) is 6.92 Å². The molecular formula is C18H22FNO. The van der Waals surface area contributed by atoms with Crippen molar-refractivity contribution < 1.29 is 9.50 Å². The second-order valence-electron chi connectivity index (χ2n) is 5.28. The van der Waals surface area contributed by atoms with E-state index >= 15 is 0 Å². The third-order valence-electron chi connectivity index (χ3n) is 4.02. The first-order valence-electron chi connectivity index (χ1n) is 7.37. The lowest BCUT2D eigenvalue weighted by Gasteiger charge is -2.34. The molecule has 0 heterocycles. The monoisotopic (exact) mass is 287 g/mol. The molecule has 2 aromatic carbocycles. The maximum atomic E-state index is 13.0. The number of hydrogen-bond donors (Lipinski definition) is 2. The number of halogens is 1. The van der Waals surface area contributed by atoms with Gasteiger partial charge in [-0.15, -0.1) is 0 Å². The van der Waals surface area contributed by atoms with Crippen molar-refractivity contribution in [2.45, 2.75) is 32.2 Å². The fraction of sp³-hybridized carbons (Fsp3) is 0.333. The number of anilines is 1. The van der Waals surface area contributed by atoms with Gasteiger partial charge in [-0.2, -0.15) is 0 Å². The fourth-order valence-corrected chi connectivity index (χ4v) is 2.48. The highest BCUT2D eigenvalue weighted by Gasteiger charge is 2.29. The Morgan fingerprint density at radius 2 is 1.62 bits per heavy atom. The van der Waals surface area contributed by atoms with Crippen LogP contribution in [-0.4, -0.2) is 11.7 Å². The topological polar surface area (TPSA) is 32.3 Å². The minimum absolute atomic E-state index is 0.0215. The molecule has 112 valence electrons. The lowest BCUT2D eigenvalue weighted by molar-refractivity contribution is 0.207. The van der Waals surface area contributed by atoms with Crippen LogP contribution in [0, 0.1) is 5.82 Å². The molecule has 2 nitrogen and oxygen atoms in total. The van der Waals surface area contributed by atoms with Gasteiger partial charge in [-0.1, -0.05) is 38.1 Å². The molecule has 0 fully saturated rings. The molecule has 21 heavy (non-hydrogen) atoms. The van der Waals surface area contributed by atoms with E-state index in [-0.39, 0.29) is 12.4 Å². The van der Waals surface area contributed by atoms with Crippen LogP contribution in [0.2, 0.25) is 0 Å². The Bertz CT molecular complexity index is 559. The van der Waals surface area contributed by atoms with Crippen LogP contribution in [0.1, 0.15) is 31.4 Å². The summed E-state index contributed by atoms with van der Waals surface area (Å²) >= 11 is 0. The predicted molar refractivity (Wildman–Crippen MR) is 84.9 cm³/mol. The first-order valence-corrected chi connectivity index (χ1v) is 7.37. The van der Waals surface area contributed by atoms with Crippen LogP contribution in [0.5, 0.6) is 0 Å². The van der Waals surface area contributed by atoms with Gasteiger partial charge in [0.15, 0.2) is 0 Å². The van der Waals surface area contributed by atoms with Crippen LogP contribution in [0.15, 0.2) is 48.5 Å². The van der Waals surface area contributed by atoms with Crippen molar-refractivity contribution in [1.29, 1.82) is 0 Å². The van der Waals surface area contributed by atoms with Crippen molar-refractivity contribution in [2.75, 3.05) is 11.9 Å². The second kappa shape index (κ2) is 6.72. The molecule has 0 aromatic heterocycles. The first kappa shape index (κ1) is 15.5. The highest BCUT2D eigenvalue weighted by Crippen LogP contribution is 2.30. The first-order chi connectivity index (χ1) is 10.1. The number of aliphatic hydroxyl groups excluding tert-OH is 1. The smallest absolute Gasteiger partial charge is 0.123 e. The molecule has 0 radical (unpaired) electrons. The van der Waals surface area contributed by atoms with Gasteiger partial charge in [0.05, 0.1) is 12.1 Å². The molecule has 0 aliphatic rings. The largest absolute Gasteiger partial charge is 0.394 e. The molecule has 2 aromatic rings. The van der Waals surface area contributed by atoms with Crippen LogP contribution in [0.4, 0.5) is 10.1 Å². The molecular weight excluding hydrogens is 265 g/mol. The highest BCUT2D eigenvalue weighted by atomic mass is 19.1. The van der Waals surface area contributed by atoms with Crippen LogP contribution in [0.25, 0.3) is 0 Å². The minimum Gasteiger partial charge on any atom is -0.394 e. The summed E-state index contributed by atoms with van der Waals surface area (Å²) in [5, 5.41) is 13.3. The summed E-state index contributed by atoms with van der Waals surface area (Å²) < 4.78 is 13.0. The molecule has 0 aliphatic heterocycles. The number of benzene rings is 2. The Hall–Kier alpha value is -1.87. The molecule has 3 heteroatoms. The van der Waals surface area contributed by atoms with Gasteiger partial charge in [-0.3, -0.25) is 0 Å². The Labute approximate surface area is 125 Å². The molecule has 0 bridgehead atoms. The molecule has 0 spiro atoms. The SMILES string of the molecule is CCc1ccc(C(CC)(CO)Nc2ccc(F)cc2)cc1. The predicted octanol–water partition coefficient (Wildman–Crippen LogP) is 4.10. The van der Waals surface area contributed by atoms with Gasteiger partial charge in [0.2, 0.25) is 0 Å². The van der Waals surface area contributed by atoms with Crippen molar-refractivity contribution in [1.82, 2.24) is 0 Å². The van der Waals surface area contributed by atoms with Gasteiger partial charge in [-0.25, -0.2) is 4.39 Å². The molecule has 0 saturated heterocycles. The van der Waals surface area contributed by atoms with E-state index in [0.29, 0.717) is 0 Å². The zero-order chi connectivity index (χ0) is 15.3. The van der Waals surface area contributed by atoms with Crippen LogP contribution >= 0.6 is 0 Å². The lowest BCUT2D eigenvalue weighted by Crippen LogP contribution is -2.38. The van der Waals surface area contributed by atoms with Crippen LogP contribution in [0.3, 0.4) is 0 Å². The van der Waals surface area contributed by atoms with Crippen molar-refractivity contribution in [3.63, 3.8) is 0 Å². The summed E-state index contributed by atoms with van der Waals surface area (Å²) in [6.07, 6.45) is 1.72. The minimum atomic E-state index is -0.551. The summed E-state index contributed by atoms with van der Waals surface area (Å²) in [6, 6.07) is 14.5. The van der Waals surface area contributed by atoms with E-state index in [9.17, 15) is 9.50 Å². The van der Waals surface area contributed by atoms with E-state index in [4.69, 9.17) is 0 Å². The Balaban J connectivity index is 2.32. The van der Waals surface area contributed by atoms with Gasteiger partial charge in [0.25, 0.3) is 0 Å².